The third-order valence-corrected chi connectivity index (χ3v) is 4.77. The van der Waals surface area contributed by atoms with Gasteiger partial charge in [-0.25, -0.2) is 0 Å². The van der Waals surface area contributed by atoms with E-state index in [-0.39, 0.29) is 11.4 Å². The molecule has 1 amide bonds. The largest absolute Gasteiger partial charge is 0.381 e. The van der Waals surface area contributed by atoms with E-state index in [1.807, 2.05) is 30.5 Å². The van der Waals surface area contributed by atoms with E-state index in [2.05, 4.69) is 29.3 Å². The van der Waals surface area contributed by atoms with E-state index in [9.17, 15) is 4.79 Å². The molecule has 1 saturated heterocycles. The SMILES string of the molecule is CN(C)C1(CNC(=O)c2ccc3cc[nH]c3c2)CCOCC1. The van der Waals surface area contributed by atoms with Crippen molar-refractivity contribution in [3.8, 4) is 0 Å². The summed E-state index contributed by atoms with van der Waals surface area (Å²) in [5.74, 6) is -0.0239. The number of ether oxygens (including phenoxy) is 1. The fourth-order valence-corrected chi connectivity index (χ4v) is 3.07. The maximum atomic E-state index is 12.4. The second-order valence-corrected chi connectivity index (χ2v) is 6.19. The minimum Gasteiger partial charge on any atom is -0.381 e. The highest BCUT2D eigenvalue weighted by Crippen LogP contribution is 2.25. The van der Waals surface area contributed by atoms with Crippen molar-refractivity contribution in [2.45, 2.75) is 18.4 Å². The Bertz CT molecular complexity index is 657. The lowest BCUT2D eigenvalue weighted by molar-refractivity contribution is -0.00657. The van der Waals surface area contributed by atoms with E-state index >= 15 is 0 Å². The first kappa shape index (κ1) is 15.1. The molecule has 3 rings (SSSR count). The molecule has 0 aliphatic carbocycles. The van der Waals surface area contributed by atoms with Crippen LogP contribution in [0, 0.1) is 0 Å². The summed E-state index contributed by atoms with van der Waals surface area (Å²) in [6.07, 6.45) is 3.77. The molecule has 0 unspecified atom stereocenters. The van der Waals surface area contributed by atoms with Gasteiger partial charge in [0.2, 0.25) is 0 Å². The van der Waals surface area contributed by atoms with Gasteiger partial charge >= 0.3 is 0 Å². The van der Waals surface area contributed by atoms with Crippen LogP contribution in [-0.2, 0) is 4.74 Å². The van der Waals surface area contributed by atoms with Crippen molar-refractivity contribution < 1.29 is 9.53 Å². The van der Waals surface area contributed by atoms with E-state index in [0.717, 1.165) is 37.0 Å². The fraction of sp³-hybridized carbons (Fsp3) is 0.471. The number of aromatic nitrogens is 1. The van der Waals surface area contributed by atoms with Crippen LogP contribution in [0.25, 0.3) is 10.9 Å². The van der Waals surface area contributed by atoms with Crippen LogP contribution in [0.4, 0.5) is 0 Å². The van der Waals surface area contributed by atoms with Crippen LogP contribution in [0.2, 0.25) is 0 Å². The van der Waals surface area contributed by atoms with Crippen LogP contribution >= 0.6 is 0 Å². The minimum atomic E-state index is -0.0239. The number of benzene rings is 1. The number of nitrogens with zero attached hydrogens (tertiary/aromatic N) is 1. The number of nitrogens with one attached hydrogen (secondary N) is 2. The van der Waals surface area contributed by atoms with E-state index in [1.54, 1.807) is 0 Å². The van der Waals surface area contributed by atoms with Gasteiger partial charge in [0.05, 0.1) is 0 Å². The zero-order valence-electron chi connectivity index (χ0n) is 13.2. The Morgan fingerprint density at radius 2 is 2.09 bits per heavy atom. The van der Waals surface area contributed by atoms with Gasteiger partial charge in [-0.05, 0) is 50.5 Å². The molecular formula is C17H23N3O2. The van der Waals surface area contributed by atoms with E-state index in [0.29, 0.717) is 12.1 Å². The Balaban J connectivity index is 1.70. The Labute approximate surface area is 130 Å². The molecule has 5 nitrogen and oxygen atoms in total. The van der Waals surface area contributed by atoms with Crippen molar-refractivity contribution in [3.05, 3.63) is 36.0 Å². The van der Waals surface area contributed by atoms with Gasteiger partial charge in [0.25, 0.3) is 5.91 Å². The summed E-state index contributed by atoms with van der Waals surface area (Å²) < 4.78 is 5.46. The van der Waals surface area contributed by atoms with E-state index in [4.69, 9.17) is 4.74 Å². The molecule has 118 valence electrons. The Kier molecular flexibility index (Phi) is 4.18. The van der Waals surface area contributed by atoms with Crippen LogP contribution in [-0.4, -0.2) is 55.2 Å². The Morgan fingerprint density at radius 3 is 2.82 bits per heavy atom. The predicted molar refractivity (Wildman–Crippen MR) is 87.1 cm³/mol. The van der Waals surface area contributed by atoms with E-state index < -0.39 is 0 Å². The molecule has 2 N–H and O–H groups in total. The van der Waals surface area contributed by atoms with Gasteiger partial charge in [0.15, 0.2) is 0 Å². The number of hydrogen-bond acceptors (Lipinski definition) is 3. The summed E-state index contributed by atoms with van der Waals surface area (Å²) in [5, 5.41) is 4.21. The molecule has 2 heterocycles. The lowest BCUT2D eigenvalue weighted by atomic mass is 9.88. The first-order valence-electron chi connectivity index (χ1n) is 7.71. The Morgan fingerprint density at radius 1 is 1.32 bits per heavy atom. The average molecular weight is 301 g/mol. The quantitative estimate of drug-likeness (QED) is 0.908. The number of H-pyrrole nitrogens is 1. The number of rotatable bonds is 4. The van der Waals surface area contributed by atoms with Gasteiger partial charge in [0.1, 0.15) is 0 Å². The molecule has 1 aromatic heterocycles. The van der Waals surface area contributed by atoms with Crippen LogP contribution in [0.1, 0.15) is 23.2 Å². The van der Waals surface area contributed by atoms with Crippen molar-refractivity contribution in [2.75, 3.05) is 33.9 Å². The first-order chi connectivity index (χ1) is 10.6. The monoisotopic (exact) mass is 301 g/mol. The topological polar surface area (TPSA) is 57.4 Å². The molecule has 0 atom stereocenters. The number of amides is 1. The first-order valence-corrected chi connectivity index (χ1v) is 7.71. The highest BCUT2D eigenvalue weighted by atomic mass is 16.5. The lowest BCUT2D eigenvalue weighted by Crippen LogP contribution is -2.55. The smallest absolute Gasteiger partial charge is 0.251 e. The van der Waals surface area contributed by atoms with Gasteiger partial charge in [-0.1, -0.05) is 6.07 Å². The summed E-state index contributed by atoms with van der Waals surface area (Å²) in [5.41, 5.74) is 1.67. The third kappa shape index (κ3) is 2.87. The minimum absolute atomic E-state index is 0.00948. The van der Waals surface area contributed by atoms with Gasteiger partial charge in [-0.2, -0.15) is 0 Å². The molecule has 0 bridgehead atoms. The van der Waals surface area contributed by atoms with Crippen LogP contribution in [0.5, 0.6) is 0 Å². The number of fused-ring (bicyclic) bond motifs is 1. The zero-order chi connectivity index (χ0) is 15.6. The van der Waals surface area contributed by atoms with Crippen LogP contribution < -0.4 is 5.32 Å². The highest BCUT2D eigenvalue weighted by Gasteiger charge is 2.35. The van der Waals surface area contributed by atoms with Gasteiger partial charge in [-0.15, -0.1) is 0 Å². The molecule has 1 aliphatic heterocycles. The van der Waals surface area contributed by atoms with Crippen molar-refractivity contribution >= 4 is 16.8 Å². The van der Waals surface area contributed by atoms with Gasteiger partial charge in [-0.3, -0.25) is 4.79 Å². The molecule has 1 aliphatic rings. The highest BCUT2D eigenvalue weighted by molar-refractivity contribution is 5.97. The Hall–Kier alpha value is -1.85. The molecular weight excluding hydrogens is 278 g/mol. The summed E-state index contributed by atoms with van der Waals surface area (Å²) in [6.45, 7) is 2.15. The molecule has 2 aromatic rings. The van der Waals surface area contributed by atoms with Crippen molar-refractivity contribution in [3.63, 3.8) is 0 Å². The molecule has 0 spiro atoms. The molecule has 5 heteroatoms. The maximum Gasteiger partial charge on any atom is 0.251 e. The van der Waals surface area contributed by atoms with Crippen molar-refractivity contribution in [1.29, 1.82) is 0 Å². The fourth-order valence-electron chi connectivity index (χ4n) is 3.07. The number of aromatic amines is 1. The second kappa shape index (κ2) is 6.10. The van der Waals surface area contributed by atoms with Crippen molar-refractivity contribution in [2.24, 2.45) is 0 Å². The van der Waals surface area contributed by atoms with Crippen LogP contribution in [0.3, 0.4) is 0 Å². The molecule has 0 radical (unpaired) electrons. The van der Waals surface area contributed by atoms with E-state index in [1.165, 1.54) is 0 Å². The zero-order valence-corrected chi connectivity index (χ0v) is 13.2. The number of likely N-dealkylation sites (N-methyl/N-ethyl adjacent to an activating group) is 1. The molecule has 1 aromatic carbocycles. The number of hydrogen-bond donors (Lipinski definition) is 2. The van der Waals surface area contributed by atoms with Gasteiger partial charge in [0, 0.05) is 42.6 Å². The summed E-state index contributed by atoms with van der Waals surface area (Å²) in [6, 6.07) is 7.74. The summed E-state index contributed by atoms with van der Waals surface area (Å²) in [7, 11) is 4.14. The second-order valence-electron chi connectivity index (χ2n) is 6.19. The standard InChI is InChI=1S/C17H23N3O2/c1-20(2)17(6-9-22-10-7-17)12-19-16(21)14-4-3-13-5-8-18-15(13)11-14/h3-5,8,11,18H,6-7,9-10,12H2,1-2H3,(H,19,21). The van der Waals surface area contributed by atoms with Crippen molar-refractivity contribution in [1.82, 2.24) is 15.2 Å². The van der Waals surface area contributed by atoms with Crippen LogP contribution in [0.15, 0.2) is 30.5 Å². The average Bonchev–Trinajstić information content (AvgIpc) is 3.01. The number of carbonyl (C=O) groups is 1. The summed E-state index contributed by atoms with van der Waals surface area (Å²) in [4.78, 5) is 17.8. The van der Waals surface area contributed by atoms with Gasteiger partial charge < -0.3 is 19.9 Å². The molecule has 1 fully saturated rings. The third-order valence-electron chi connectivity index (χ3n) is 4.77. The molecule has 22 heavy (non-hydrogen) atoms. The summed E-state index contributed by atoms with van der Waals surface area (Å²) >= 11 is 0. The maximum absolute atomic E-state index is 12.4. The molecule has 0 saturated carbocycles. The normalized spacial score (nSPS) is 17.8. The lowest BCUT2D eigenvalue weighted by Gasteiger charge is -2.42. The predicted octanol–water partition coefficient (Wildman–Crippen LogP) is 2.01. The number of carbonyl (C=O) groups excluding carboxylic acids is 1.